The van der Waals surface area contributed by atoms with Crippen LogP contribution < -0.4 is 0 Å². The summed E-state index contributed by atoms with van der Waals surface area (Å²) >= 11 is 0. The predicted octanol–water partition coefficient (Wildman–Crippen LogP) is 3.10. The molecular formula is C14H26NO3-. The van der Waals surface area contributed by atoms with Gasteiger partial charge in [0.05, 0.1) is 5.41 Å². The quantitative estimate of drug-likeness (QED) is 0.676. The van der Waals surface area contributed by atoms with Crippen molar-refractivity contribution < 1.29 is 9.53 Å². The molecule has 0 aromatic rings. The van der Waals surface area contributed by atoms with Crippen LogP contribution in [0.3, 0.4) is 0 Å². The zero-order chi connectivity index (χ0) is 14.4. The summed E-state index contributed by atoms with van der Waals surface area (Å²) in [5.41, 5.74) is -1.49. The van der Waals surface area contributed by atoms with Gasteiger partial charge in [-0.2, -0.15) is 0 Å². The van der Waals surface area contributed by atoms with Crippen molar-refractivity contribution in [2.24, 2.45) is 5.41 Å². The fourth-order valence-electron chi connectivity index (χ4n) is 2.58. The number of carbonyl (C=O) groups is 1. The lowest BCUT2D eigenvalue weighted by molar-refractivity contribution is -0.166. The lowest BCUT2D eigenvalue weighted by atomic mass is 9.80. The third-order valence-corrected chi connectivity index (χ3v) is 3.44. The molecule has 18 heavy (non-hydrogen) atoms. The van der Waals surface area contributed by atoms with Gasteiger partial charge in [0.1, 0.15) is 6.10 Å². The van der Waals surface area contributed by atoms with E-state index in [4.69, 9.17) is 4.74 Å². The summed E-state index contributed by atoms with van der Waals surface area (Å²) in [5.74, 6) is -0.196. The van der Waals surface area contributed by atoms with Crippen LogP contribution in [0, 0.1) is 10.6 Å². The topological polar surface area (TPSA) is 52.6 Å². The van der Waals surface area contributed by atoms with Crippen LogP contribution in [0.2, 0.25) is 0 Å². The number of ether oxygens (including phenoxy) is 1. The van der Waals surface area contributed by atoms with Gasteiger partial charge in [-0.3, -0.25) is 4.79 Å². The predicted molar refractivity (Wildman–Crippen MR) is 71.9 cm³/mol. The van der Waals surface area contributed by atoms with Crippen molar-refractivity contribution in [3.8, 4) is 0 Å². The number of rotatable bonds is 1. The van der Waals surface area contributed by atoms with E-state index >= 15 is 0 Å². The number of carbonyl (C=O) groups excluding carboxylic acids is 1. The molecular weight excluding hydrogens is 230 g/mol. The van der Waals surface area contributed by atoms with E-state index < -0.39 is 16.5 Å². The first-order valence-electron chi connectivity index (χ1n) is 6.55. The molecule has 0 aliphatic carbocycles. The van der Waals surface area contributed by atoms with Gasteiger partial charge in [0.2, 0.25) is 0 Å². The van der Waals surface area contributed by atoms with Gasteiger partial charge in [-0.25, -0.2) is 0 Å². The lowest BCUT2D eigenvalue weighted by Gasteiger charge is -2.59. The van der Waals surface area contributed by atoms with Crippen molar-refractivity contribution >= 4 is 5.97 Å². The van der Waals surface area contributed by atoms with E-state index in [-0.39, 0.29) is 12.1 Å². The zero-order valence-electron chi connectivity index (χ0n) is 12.7. The van der Waals surface area contributed by atoms with E-state index in [1.165, 1.54) is 0 Å². The highest BCUT2D eigenvalue weighted by Crippen LogP contribution is 2.39. The highest BCUT2D eigenvalue weighted by molar-refractivity contribution is 5.75. The average molecular weight is 256 g/mol. The molecule has 0 aromatic carbocycles. The Labute approximate surface area is 110 Å². The maximum Gasteiger partial charge on any atom is 0.311 e. The Morgan fingerprint density at radius 2 is 1.56 bits per heavy atom. The SMILES string of the molecule is CC(C)(C)C(=O)OC1CC(C)(C)N([O-])C(C)(C)C1. The highest BCUT2D eigenvalue weighted by atomic mass is 16.5. The van der Waals surface area contributed by atoms with Gasteiger partial charge in [0, 0.05) is 23.9 Å². The second-order valence-electron chi connectivity index (χ2n) is 7.60. The van der Waals surface area contributed by atoms with Crippen molar-refractivity contribution in [2.75, 3.05) is 0 Å². The van der Waals surface area contributed by atoms with Crippen LogP contribution in [0.25, 0.3) is 0 Å². The van der Waals surface area contributed by atoms with Gasteiger partial charge >= 0.3 is 5.97 Å². The molecule has 0 saturated carbocycles. The van der Waals surface area contributed by atoms with Crippen molar-refractivity contribution in [1.29, 1.82) is 0 Å². The summed E-state index contributed by atoms with van der Waals surface area (Å²) in [6.45, 7) is 13.1. The average Bonchev–Trinajstić information content (AvgIpc) is 2.11. The standard InChI is InChI=1S/C14H26NO3/c1-12(2,3)11(16)18-10-8-13(4,5)15(17)14(6,7)9-10/h10H,8-9H2,1-7H3/q-1. The van der Waals surface area contributed by atoms with Crippen LogP contribution in [0.4, 0.5) is 0 Å². The molecule has 0 bridgehead atoms. The fourth-order valence-corrected chi connectivity index (χ4v) is 2.58. The molecule has 0 radical (unpaired) electrons. The molecule has 4 heteroatoms. The normalized spacial score (nSPS) is 24.9. The molecule has 0 N–H and O–H groups in total. The van der Waals surface area contributed by atoms with Crippen molar-refractivity contribution in [3.05, 3.63) is 5.21 Å². The number of hydrogen-bond acceptors (Lipinski definition) is 4. The maximum absolute atomic E-state index is 12.2. The van der Waals surface area contributed by atoms with E-state index in [0.29, 0.717) is 12.8 Å². The van der Waals surface area contributed by atoms with Crippen LogP contribution in [-0.2, 0) is 9.53 Å². The summed E-state index contributed by atoms with van der Waals surface area (Å²) in [6.07, 6.45) is 0.996. The van der Waals surface area contributed by atoms with Crippen LogP contribution in [0.15, 0.2) is 0 Å². The highest BCUT2D eigenvalue weighted by Gasteiger charge is 2.42. The van der Waals surface area contributed by atoms with E-state index in [2.05, 4.69) is 0 Å². The first-order chi connectivity index (χ1) is 7.86. The summed E-state index contributed by atoms with van der Waals surface area (Å²) in [6, 6.07) is 0. The Morgan fingerprint density at radius 3 is 1.89 bits per heavy atom. The molecule has 0 amide bonds. The first-order valence-corrected chi connectivity index (χ1v) is 6.55. The Balaban J connectivity index is 2.79. The molecule has 0 atom stereocenters. The van der Waals surface area contributed by atoms with E-state index in [1.807, 2.05) is 48.5 Å². The molecule has 1 rings (SSSR count). The van der Waals surface area contributed by atoms with Gasteiger partial charge in [0.25, 0.3) is 0 Å². The zero-order valence-corrected chi connectivity index (χ0v) is 12.7. The summed E-state index contributed by atoms with van der Waals surface area (Å²) in [7, 11) is 0. The minimum Gasteiger partial charge on any atom is -0.784 e. The molecule has 1 saturated heterocycles. The maximum atomic E-state index is 12.2. The number of esters is 1. The number of hydroxylamine groups is 2. The van der Waals surface area contributed by atoms with Gasteiger partial charge < -0.3 is 15.0 Å². The Kier molecular flexibility index (Phi) is 3.86. The Morgan fingerprint density at radius 1 is 1.17 bits per heavy atom. The number of piperidine rings is 1. The van der Waals surface area contributed by atoms with E-state index in [9.17, 15) is 10.0 Å². The van der Waals surface area contributed by atoms with Crippen LogP contribution >= 0.6 is 0 Å². The Hall–Kier alpha value is -0.610. The van der Waals surface area contributed by atoms with Gasteiger partial charge in [-0.1, -0.05) is 0 Å². The molecule has 0 unspecified atom stereocenters. The van der Waals surface area contributed by atoms with Crippen LogP contribution in [0.1, 0.15) is 61.3 Å². The van der Waals surface area contributed by atoms with Gasteiger partial charge in [-0.15, -0.1) is 0 Å². The second kappa shape index (κ2) is 4.49. The van der Waals surface area contributed by atoms with Crippen molar-refractivity contribution in [3.63, 3.8) is 0 Å². The van der Waals surface area contributed by atoms with Crippen molar-refractivity contribution in [1.82, 2.24) is 5.06 Å². The first kappa shape index (κ1) is 15.4. The monoisotopic (exact) mass is 256 g/mol. The second-order valence-corrected chi connectivity index (χ2v) is 7.60. The van der Waals surface area contributed by atoms with Crippen LogP contribution in [0.5, 0.6) is 0 Å². The molecule has 1 aliphatic rings. The Bertz CT molecular complexity index is 310. The molecule has 0 spiro atoms. The number of nitrogens with zero attached hydrogens (tertiary/aromatic N) is 1. The van der Waals surface area contributed by atoms with Gasteiger partial charge in [0.15, 0.2) is 0 Å². The molecule has 106 valence electrons. The smallest absolute Gasteiger partial charge is 0.311 e. The minimum atomic E-state index is -0.497. The third-order valence-electron chi connectivity index (χ3n) is 3.44. The molecule has 1 heterocycles. The van der Waals surface area contributed by atoms with Crippen LogP contribution in [-0.4, -0.2) is 28.2 Å². The molecule has 4 nitrogen and oxygen atoms in total. The third kappa shape index (κ3) is 3.23. The molecule has 0 aromatic heterocycles. The van der Waals surface area contributed by atoms with E-state index in [1.54, 1.807) is 0 Å². The summed E-state index contributed by atoms with van der Waals surface area (Å²) in [4.78, 5) is 11.9. The minimum absolute atomic E-state index is 0.174. The van der Waals surface area contributed by atoms with Crippen molar-refractivity contribution in [2.45, 2.75) is 78.5 Å². The largest absolute Gasteiger partial charge is 0.784 e. The lowest BCUT2D eigenvalue weighted by Crippen LogP contribution is -2.59. The summed E-state index contributed by atoms with van der Waals surface area (Å²) < 4.78 is 5.57. The van der Waals surface area contributed by atoms with Gasteiger partial charge in [-0.05, 0) is 48.5 Å². The fraction of sp³-hybridized carbons (Fsp3) is 0.929. The molecule has 1 aliphatic heterocycles. The number of hydrogen-bond donors (Lipinski definition) is 0. The van der Waals surface area contributed by atoms with E-state index in [0.717, 1.165) is 5.06 Å². The summed E-state index contributed by atoms with van der Waals surface area (Å²) in [5, 5.41) is 13.3. The molecule has 1 fully saturated rings.